The maximum atomic E-state index is 14.1. The zero-order valence-corrected chi connectivity index (χ0v) is 16.0. The lowest BCUT2D eigenvalue weighted by atomic mass is 10.1. The number of nitrogens with one attached hydrogen (secondary N) is 1. The molecular formula is C20H10F7N5O. The van der Waals surface area contributed by atoms with Crippen molar-refractivity contribution >= 4 is 22.4 Å². The largest absolute Gasteiger partial charge is 0.435 e. The Bertz CT molecular complexity index is 1360. The van der Waals surface area contributed by atoms with Crippen molar-refractivity contribution in [2.24, 2.45) is 0 Å². The average Bonchev–Trinajstić information content (AvgIpc) is 3.19. The zero-order chi connectivity index (χ0) is 24.0. The maximum absolute atomic E-state index is 14.1. The average molecular weight is 469 g/mol. The highest BCUT2D eigenvalue weighted by Crippen LogP contribution is 2.37. The molecule has 1 N–H and O–H groups in total. The summed E-state index contributed by atoms with van der Waals surface area (Å²) in [5, 5.41) is 5.35. The van der Waals surface area contributed by atoms with E-state index in [-0.39, 0.29) is 16.5 Å². The molecule has 0 radical (unpaired) electrons. The summed E-state index contributed by atoms with van der Waals surface area (Å²) >= 11 is 0. The van der Waals surface area contributed by atoms with E-state index >= 15 is 0 Å². The number of carbonyl (C=O) groups excluding carboxylic acids is 1. The van der Waals surface area contributed by atoms with Gasteiger partial charge in [0.15, 0.2) is 11.4 Å². The minimum atomic E-state index is -5.15. The molecule has 6 nitrogen and oxygen atoms in total. The molecule has 0 aliphatic carbocycles. The van der Waals surface area contributed by atoms with Crippen LogP contribution in [-0.4, -0.2) is 25.7 Å². The number of fused-ring (bicyclic) bond motifs is 1. The summed E-state index contributed by atoms with van der Waals surface area (Å²) in [4.78, 5) is 19.5. The molecule has 3 aromatic heterocycles. The van der Waals surface area contributed by atoms with Crippen molar-refractivity contribution in [1.82, 2.24) is 19.7 Å². The van der Waals surface area contributed by atoms with Gasteiger partial charge < -0.3 is 5.32 Å². The standard InChI is InChI=1S/C20H10F7N5O/c21-13-4-1-3-10-11(13)7-28-9-15(10)32-17(20(25,26)27)12(8-30-32)18(33)31-14-5-2-6-29-16(14)19(22,23)24/h1-9H,(H,31,33). The summed E-state index contributed by atoms with van der Waals surface area (Å²) in [5.74, 6) is -2.23. The lowest BCUT2D eigenvalue weighted by Crippen LogP contribution is -2.22. The monoisotopic (exact) mass is 469 g/mol. The van der Waals surface area contributed by atoms with Crippen molar-refractivity contribution in [2.75, 3.05) is 5.32 Å². The van der Waals surface area contributed by atoms with Crippen LogP contribution in [0.1, 0.15) is 21.7 Å². The van der Waals surface area contributed by atoms with Gasteiger partial charge in [-0.3, -0.25) is 9.78 Å². The molecule has 0 unspecified atom stereocenters. The van der Waals surface area contributed by atoms with Gasteiger partial charge in [0, 0.05) is 23.2 Å². The molecule has 4 aromatic rings. The molecule has 1 amide bonds. The highest BCUT2D eigenvalue weighted by molar-refractivity contribution is 6.05. The van der Waals surface area contributed by atoms with Crippen LogP contribution in [0.5, 0.6) is 0 Å². The van der Waals surface area contributed by atoms with Gasteiger partial charge in [0.1, 0.15) is 5.82 Å². The third kappa shape index (κ3) is 4.08. The number of hydrogen-bond acceptors (Lipinski definition) is 4. The lowest BCUT2D eigenvalue weighted by Gasteiger charge is -2.15. The summed E-state index contributed by atoms with van der Waals surface area (Å²) in [6, 6.07) is 5.62. The van der Waals surface area contributed by atoms with Crippen molar-refractivity contribution in [2.45, 2.75) is 12.4 Å². The molecule has 0 bridgehead atoms. The smallest absolute Gasteiger partial charge is 0.320 e. The highest BCUT2D eigenvalue weighted by atomic mass is 19.4. The maximum Gasteiger partial charge on any atom is 0.435 e. The number of nitrogens with zero attached hydrogens (tertiary/aromatic N) is 4. The van der Waals surface area contributed by atoms with Crippen LogP contribution < -0.4 is 5.32 Å². The summed E-state index contributed by atoms with van der Waals surface area (Å²) in [7, 11) is 0. The van der Waals surface area contributed by atoms with E-state index < -0.39 is 46.7 Å². The van der Waals surface area contributed by atoms with Gasteiger partial charge in [-0.1, -0.05) is 12.1 Å². The summed E-state index contributed by atoms with van der Waals surface area (Å²) in [5.41, 5.74) is -5.21. The predicted octanol–water partition coefficient (Wildman–Crippen LogP) is 5.24. The minimum absolute atomic E-state index is 0.0252. The Labute approximate surface area is 179 Å². The topological polar surface area (TPSA) is 72.7 Å². The molecule has 0 aliphatic heterocycles. The molecule has 0 saturated carbocycles. The fourth-order valence-electron chi connectivity index (χ4n) is 3.20. The molecule has 4 rings (SSSR count). The Hall–Kier alpha value is -4.03. The van der Waals surface area contributed by atoms with Crippen LogP contribution in [0, 0.1) is 5.82 Å². The van der Waals surface area contributed by atoms with E-state index in [1.165, 1.54) is 12.1 Å². The number of benzene rings is 1. The Morgan fingerprint density at radius 1 is 0.909 bits per heavy atom. The zero-order valence-electron chi connectivity index (χ0n) is 16.0. The van der Waals surface area contributed by atoms with Gasteiger partial charge in [-0.05, 0) is 18.2 Å². The van der Waals surface area contributed by atoms with Crippen LogP contribution in [0.25, 0.3) is 16.5 Å². The second-order valence-electron chi connectivity index (χ2n) is 6.66. The van der Waals surface area contributed by atoms with E-state index in [2.05, 4.69) is 15.1 Å². The first-order valence-corrected chi connectivity index (χ1v) is 9.00. The molecule has 0 atom stereocenters. The second kappa shape index (κ2) is 7.83. The molecule has 0 spiro atoms. The fourth-order valence-corrected chi connectivity index (χ4v) is 3.20. The van der Waals surface area contributed by atoms with Crippen LogP contribution in [0.15, 0.2) is 55.1 Å². The quantitative estimate of drug-likeness (QED) is 0.417. The van der Waals surface area contributed by atoms with Crippen molar-refractivity contribution in [3.63, 3.8) is 0 Å². The fraction of sp³-hybridized carbons (Fsp3) is 0.100. The lowest BCUT2D eigenvalue weighted by molar-refractivity contribution is -0.143. The predicted molar refractivity (Wildman–Crippen MR) is 101 cm³/mol. The van der Waals surface area contributed by atoms with Crippen LogP contribution in [-0.2, 0) is 12.4 Å². The van der Waals surface area contributed by atoms with E-state index in [0.717, 1.165) is 36.8 Å². The van der Waals surface area contributed by atoms with Gasteiger partial charge in [0.25, 0.3) is 5.91 Å². The third-order valence-corrected chi connectivity index (χ3v) is 4.56. The SMILES string of the molecule is O=C(Nc1cccnc1C(F)(F)F)c1cnn(-c2cncc3c(F)cccc23)c1C(F)(F)F. The molecule has 0 aliphatic rings. The first-order chi connectivity index (χ1) is 15.5. The number of anilines is 1. The van der Waals surface area contributed by atoms with Crippen molar-refractivity contribution < 1.29 is 35.5 Å². The molecule has 33 heavy (non-hydrogen) atoms. The van der Waals surface area contributed by atoms with E-state index in [0.29, 0.717) is 10.9 Å². The van der Waals surface area contributed by atoms with E-state index in [1.54, 1.807) is 5.32 Å². The first kappa shape index (κ1) is 22.2. The normalized spacial score (nSPS) is 12.2. The van der Waals surface area contributed by atoms with Gasteiger partial charge in [-0.2, -0.15) is 31.4 Å². The van der Waals surface area contributed by atoms with Crippen LogP contribution in [0.2, 0.25) is 0 Å². The third-order valence-electron chi connectivity index (χ3n) is 4.56. The van der Waals surface area contributed by atoms with Gasteiger partial charge >= 0.3 is 12.4 Å². The minimum Gasteiger partial charge on any atom is -0.320 e. The number of rotatable bonds is 3. The second-order valence-corrected chi connectivity index (χ2v) is 6.66. The number of pyridine rings is 2. The summed E-state index contributed by atoms with van der Waals surface area (Å²) in [6.07, 6.45) is -6.63. The van der Waals surface area contributed by atoms with Gasteiger partial charge in [-0.15, -0.1) is 0 Å². The number of hydrogen-bond donors (Lipinski definition) is 1. The van der Waals surface area contributed by atoms with Crippen molar-refractivity contribution in [1.29, 1.82) is 0 Å². The molecule has 0 fully saturated rings. The van der Waals surface area contributed by atoms with Gasteiger partial charge in [0.05, 0.1) is 29.3 Å². The molecule has 3 heterocycles. The Morgan fingerprint density at radius 3 is 2.36 bits per heavy atom. The van der Waals surface area contributed by atoms with E-state index in [9.17, 15) is 35.5 Å². The van der Waals surface area contributed by atoms with Crippen molar-refractivity contribution in [3.05, 3.63) is 77.9 Å². The summed E-state index contributed by atoms with van der Waals surface area (Å²) < 4.78 is 95.6. The van der Waals surface area contributed by atoms with Crippen molar-refractivity contribution in [3.8, 4) is 5.69 Å². The molecule has 13 heteroatoms. The molecule has 170 valence electrons. The first-order valence-electron chi connectivity index (χ1n) is 9.00. The van der Waals surface area contributed by atoms with E-state index in [4.69, 9.17) is 0 Å². The number of alkyl halides is 6. The number of aromatic nitrogens is 4. The van der Waals surface area contributed by atoms with Crippen LogP contribution in [0.3, 0.4) is 0 Å². The Kier molecular flexibility index (Phi) is 5.26. The number of halogens is 7. The highest BCUT2D eigenvalue weighted by Gasteiger charge is 2.42. The summed E-state index contributed by atoms with van der Waals surface area (Å²) in [6.45, 7) is 0. The van der Waals surface area contributed by atoms with E-state index in [1.807, 2.05) is 0 Å². The molecular weight excluding hydrogens is 459 g/mol. The van der Waals surface area contributed by atoms with Gasteiger partial charge in [0.2, 0.25) is 0 Å². The van der Waals surface area contributed by atoms with Gasteiger partial charge in [-0.25, -0.2) is 14.1 Å². The van der Waals surface area contributed by atoms with Crippen LogP contribution >= 0.6 is 0 Å². The Balaban J connectivity index is 1.84. The molecule has 1 aromatic carbocycles. The number of amides is 1. The Morgan fingerprint density at radius 2 is 1.67 bits per heavy atom. The number of carbonyl (C=O) groups is 1. The van der Waals surface area contributed by atoms with Crippen LogP contribution in [0.4, 0.5) is 36.4 Å². The molecule has 0 saturated heterocycles.